The van der Waals surface area contributed by atoms with Gasteiger partial charge in [-0.1, -0.05) is 6.92 Å². The van der Waals surface area contributed by atoms with Crippen LogP contribution in [0.3, 0.4) is 0 Å². The Hall–Kier alpha value is -2.69. The van der Waals surface area contributed by atoms with E-state index in [-0.39, 0.29) is 0 Å². The van der Waals surface area contributed by atoms with Crippen molar-refractivity contribution < 1.29 is 18.9 Å². The molecule has 0 bridgehead atoms. The minimum atomic E-state index is 0.295. The first-order chi connectivity index (χ1) is 12.7. The van der Waals surface area contributed by atoms with Gasteiger partial charge in [-0.15, -0.1) is 0 Å². The van der Waals surface area contributed by atoms with Crippen LogP contribution in [-0.2, 0) is 13.0 Å². The molecular formula is C21H23NO4. The molecule has 0 N–H and O–H groups in total. The average Bonchev–Trinajstić information content (AvgIpc) is 3.11. The number of nitrogens with zero attached hydrogens (tertiary/aromatic N) is 1. The average molecular weight is 353 g/mol. The van der Waals surface area contributed by atoms with Crippen molar-refractivity contribution in [3.8, 4) is 23.0 Å². The zero-order valence-electron chi connectivity index (χ0n) is 15.4. The zero-order valence-corrected chi connectivity index (χ0v) is 15.4. The largest absolute Gasteiger partial charge is 0.497 e. The fourth-order valence-corrected chi connectivity index (χ4v) is 3.62. The van der Waals surface area contributed by atoms with Gasteiger partial charge >= 0.3 is 0 Å². The van der Waals surface area contributed by atoms with Gasteiger partial charge in [0.1, 0.15) is 11.5 Å². The van der Waals surface area contributed by atoms with E-state index in [9.17, 15) is 0 Å². The molecule has 0 amide bonds. The van der Waals surface area contributed by atoms with Crippen LogP contribution in [0.2, 0.25) is 0 Å². The summed E-state index contributed by atoms with van der Waals surface area (Å²) in [5, 5.41) is 0. The highest BCUT2D eigenvalue weighted by atomic mass is 16.7. The molecule has 2 aromatic carbocycles. The van der Waals surface area contributed by atoms with Crippen molar-refractivity contribution >= 4 is 5.71 Å². The van der Waals surface area contributed by atoms with E-state index in [4.69, 9.17) is 23.9 Å². The third kappa shape index (κ3) is 3.09. The van der Waals surface area contributed by atoms with Crippen molar-refractivity contribution in [1.82, 2.24) is 0 Å². The molecule has 5 heteroatoms. The van der Waals surface area contributed by atoms with Gasteiger partial charge in [-0.2, -0.15) is 0 Å². The molecule has 26 heavy (non-hydrogen) atoms. The van der Waals surface area contributed by atoms with Gasteiger partial charge in [-0.25, -0.2) is 0 Å². The SMILES string of the molecule is COc1ccc(C/N=C2/CC(C)Cc3cc4c(cc32)OCO4)c(OC)c1. The van der Waals surface area contributed by atoms with E-state index in [0.717, 1.165) is 47.1 Å². The third-order valence-corrected chi connectivity index (χ3v) is 4.95. The number of methoxy groups -OCH3 is 2. The molecule has 1 atom stereocenters. The molecule has 1 unspecified atom stereocenters. The Morgan fingerprint density at radius 2 is 1.85 bits per heavy atom. The highest BCUT2D eigenvalue weighted by molar-refractivity contribution is 6.03. The molecule has 0 radical (unpaired) electrons. The molecule has 0 saturated heterocycles. The van der Waals surface area contributed by atoms with Crippen LogP contribution < -0.4 is 18.9 Å². The summed E-state index contributed by atoms with van der Waals surface area (Å²) < 4.78 is 21.8. The minimum absolute atomic E-state index is 0.295. The number of ether oxygens (including phenoxy) is 4. The van der Waals surface area contributed by atoms with Crippen LogP contribution in [0, 0.1) is 5.92 Å². The highest BCUT2D eigenvalue weighted by Crippen LogP contribution is 2.38. The Balaban J connectivity index is 1.66. The second kappa shape index (κ2) is 6.90. The molecule has 0 saturated carbocycles. The predicted octanol–water partition coefficient (Wildman–Crippen LogP) is 4.00. The van der Waals surface area contributed by atoms with E-state index in [1.807, 2.05) is 18.2 Å². The van der Waals surface area contributed by atoms with Gasteiger partial charge in [-0.3, -0.25) is 4.99 Å². The number of fused-ring (bicyclic) bond motifs is 2. The van der Waals surface area contributed by atoms with E-state index >= 15 is 0 Å². The van der Waals surface area contributed by atoms with Gasteiger partial charge in [0.15, 0.2) is 11.5 Å². The molecule has 1 aliphatic carbocycles. The predicted molar refractivity (Wildman–Crippen MR) is 99.8 cm³/mol. The van der Waals surface area contributed by atoms with Crippen LogP contribution in [-0.4, -0.2) is 26.7 Å². The lowest BCUT2D eigenvalue weighted by atomic mass is 9.83. The first-order valence-electron chi connectivity index (χ1n) is 8.85. The first kappa shape index (κ1) is 16.8. The summed E-state index contributed by atoms with van der Waals surface area (Å²) >= 11 is 0. The molecule has 4 rings (SSSR count). The van der Waals surface area contributed by atoms with Gasteiger partial charge in [-0.05, 0) is 48.6 Å². The summed E-state index contributed by atoms with van der Waals surface area (Å²) in [5.74, 6) is 3.78. The van der Waals surface area contributed by atoms with Crippen LogP contribution in [0.1, 0.15) is 30.0 Å². The van der Waals surface area contributed by atoms with E-state index in [1.165, 1.54) is 11.1 Å². The summed E-state index contributed by atoms with van der Waals surface area (Å²) in [6.07, 6.45) is 2.00. The minimum Gasteiger partial charge on any atom is -0.497 e. The second-order valence-electron chi connectivity index (χ2n) is 6.82. The van der Waals surface area contributed by atoms with Crippen molar-refractivity contribution in [1.29, 1.82) is 0 Å². The van der Waals surface area contributed by atoms with Gasteiger partial charge in [0.2, 0.25) is 6.79 Å². The number of aliphatic imine (C=N–C) groups is 1. The van der Waals surface area contributed by atoms with Crippen molar-refractivity contribution in [3.63, 3.8) is 0 Å². The molecule has 2 aromatic rings. The summed E-state index contributed by atoms with van der Waals surface area (Å²) in [4.78, 5) is 4.93. The maximum Gasteiger partial charge on any atom is 0.231 e. The van der Waals surface area contributed by atoms with E-state index in [0.29, 0.717) is 19.3 Å². The van der Waals surface area contributed by atoms with E-state index in [1.54, 1.807) is 14.2 Å². The summed E-state index contributed by atoms with van der Waals surface area (Å²) in [5.41, 5.74) is 4.63. The van der Waals surface area contributed by atoms with Gasteiger partial charge in [0.05, 0.1) is 20.8 Å². The highest BCUT2D eigenvalue weighted by Gasteiger charge is 2.25. The number of hydrogen-bond acceptors (Lipinski definition) is 5. The normalized spacial score (nSPS) is 19.3. The Labute approximate surface area is 153 Å². The maximum atomic E-state index is 5.55. The van der Waals surface area contributed by atoms with Gasteiger partial charge < -0.3 is 18.9 Å². The van der Waals surface area contributed by atoms with Crippen LogP contribution in [0.25, 0.3) is 0 Å². The van der Waals surface area contributed by atoms with Gasteiger partial charge in [0, 0.05) is 22.9 Å². The summed E-state index contributed by atoms with van der Waals surface area (Å²) in [6.45, 7) is 3.13. The van der Waals surface area contributed by atoms with Crippen molar-refractivity contribution in [2.24, 2.45) is 10.9 Å². The Morgan fingerprint density at radius 1 is 1.04 bits per heavy atom. The standard InChI is InChI=1S/C21H23NO4/c1-13-6-15-8-20-21(26-12-25-20)10-17(15)18(7-13)22-11-14-4-5-16(23-2)9-19(14)24-3/h4-5,8-10,13H,6-7,11-12H2,1-3H3/b22-18-. The lowest BCUT2D eigenvalue weighted by Gasteiger charge is -2.24. The maximum absolute atomic E-state index is 5.55. The molecule has 0 spiro atoms. The molecule has 136 valence electrons. The zero-order chi connectivity index (χ0) is 18.1. The number of hydrogen-bond donors (Lipinski definition) is 0. The monoisotopic (exact) mass is 353 g/mol. The molecule has 0 aromatic heterocycles. The molecule has 0 fully saturated rings. The molecule has 5 nitrogen and oxygen atoms in total. The fourth-order valence-electron chi connectivity index (χ4n) is 3.62. The number of rotatable bonds is 4. The quantitative estimate of drug-likeness (QED) is 0.833. The fraction of sp³-hybridized carbons (Fsp3) is 0.381. The Kier molecular flexibility index (Phi) is 4.45. The second-order valence-corrected chi connectivity index (χ2v) is 6.82. The molecule has 1 heterocycles. The molecular weight excluding hydrogens is 330 g/mol. The van der Waals surface area contributed by atoms with Crippen LogP contribution in [0.4, 0.5) is 0 Å². The molecule has 1 aliphatic heterocycles. The summed E-state index contributed by atoms with van der Waals surface area (Å²) in [7, 11) is 3.32. The topological polar surface area (TPSA) is 49.3 Å². The van der Waals surface area contributed by atoms with E-state index in [2.05, 4.69) is 19.1 Å². The lowest BCUT2D eigenvalue weighted by molar-refractivity contribution is 0.174. The Morgan fingerprint density at radius 3 is 2.62 bits per heavy atom. The van der Waals surface area contributed by atoms with Crippen molar-refractivity contribution in [2.75, 3.05) is 21.0 Å². The van der Waals surface area contributed by atoms with Crippen LogP contribution >= 0.6 is 0 Å². The first-order valence-corrected chi connectivity index (χ1v) is 8.85. The summed E-state index contributed by atoms with van der Waals surface area (Å²) in [6, 6.07) is 10.0. The number of benzene rings is 2. The van der Waals surface area contributed by atoms with Crippen LogP contribution in [0.15, 0.2) is 35.3 Å². The molecule has 2 aliphatic rings. The van der Waals surface area contributed by atoms with Crippen molar-refractivity contribution in [2.45, 2.75) is 26.3 Å². The van der Waals surface area contributed by atoms with Gasteiger partial charge in [0.25, 0.3) is 0 Å². The third-order valence-electron chi connectivity index (χ3n) is 4.95. The Bertz CT molecular complexity index is 859. The van der Waals surface area contributed by atoms with E-state index < -0.39 is 0 Å². The van der Waals surface area contributed by atoms with Crippen molar-refractivity contribution in [3.05, 3.63) is 47.0 Å². The van der Waals surface area contributed by atoms with Crippen LogP contribution in [0.5, 0.6) is 23.0 Å². The smallest absolute Gasteiger partial charge is 0.231 e. The lowest BCUT2D eigenvalue weighted by Crippen LogP contribution is -2.19.